The molecule has 1 aliphatic rings. The van der Waals surface area contributed by atoms with Crippen LogP contribution in [-0.4, -0.2) is 36.5 Å². The maximum absolute atomic E-state index is 12.3. The minimum Gasteiger partial charge on any atom is -0.397 e. The average Bonchev–Trinajstić information content (AvgIpc) is 2.46. The molecule has 1 amide bonds. The van der Waals surface area contributed by atoms with E-state index in [2.05, 4.69) is 17.1 Å². The number of likely N-dealkylation sites (tertiary alicyclic amines) is 1. The van der Waals surface area contributed by atoms with Crippen molar-refractivity contribution in [2.24, 2.45) is 0 Å². The molecule has 0 aromatic heterocycles. The van der Waals surface area contributed by atoms with Crippen molar-refractivity contribution in [1.82, 2.24) is 10.2 Å². The van der Waals surface area contributed by atoms with Gasteiger partial charge in [-0.05, 0) is 37.9 Å². The summed E-state index contributed by atoms with van der Waals surface area (Å²) in [4.78, 5) is 14.7. The Morgan fingerprint density at radius 3 is 2.62 bits per heavy atom. The average molecular weight is 330 g/mol. The molecule has 1 fully saturated rings. The molecule has 1 saturated heterocycles. The monoisotopic (exact) mass is 329 g/mol. The van der Waals surface area contributed by atoms with Crippen LogP contribution in [0.2, 0.25) is 10.0 Å². The van der Waals surface area contributed by atoms with E-state index in [1.54, 1.807) is 12.1 Å². The number of nitrogens with two attached hydrogens (primary N) is 1. The van der Waals surface area contributed by atoms with Crippen LogP contribution in [0, 0.1) is 0 Å². The van der Waals surface area contributed by atoms with Crippen molar-refractivity contribution in [2.75, 3.05) is 25.4 Å². The number of halogens is 2. The number of carbonyl (C=O) groups is 1. The van der Waals surface area contributed by atoms with Crippen LogP contribution >= 0.6 is 23.2 Å². The number of carbonyl (C=O) groups excluding carboxylic acids is 1. The van der Waals surface area contributed by atoms with Crippen LogP contribution in [0.15, 0.2) is 12.1 Å². The maximum Gasteiger partial charge on any atom is 0.251 e. The third kappa shape index (κ3) is 4.25. The summed E-state index contributed by atoms with van der Waals surface area (Å²) in [5.41, 5.74) is 6.52. The van der Waals surface area contributed by atoms with Gasteiger partial charge in [-0.1, -0.05) is 30.1 Å². The molecule has 4 nitrogen and oxygen atoms in total. The van der Waals surface area contributed by atoms with Gasteiger partial charge in [0.05, 0.1) is 15.7 Å². The highest BCUT2D eigenvalue weighted by Gasteiger charge is 2.21. The molecular formula is C15H21Cl2N3O. The van der Waals surface area contributed by atoms with Gasteiger partial charge in [-0.15, -0.1) is 0 Å². The van der Waals surface area contributed by atoms with E-state index >= 15 is 0 Å². The number of benzene rings is 1. The van der Waals surface area contributed by atoms with Crippen molar-refractivity contribution in [3.8, 4) is 0 Å². The van der Waals surface area contributed by atoms with E-state index in [0.29, 0.717) is 21.3 Å². The van der Waals surface area contributed by atoms with Gasteiger partial charge in [0.1, 0.15) is 0 Å². The van der Waals surface area contributed by atoms with Gasteiger partial charge in [-0.2, -0.15) is 0 Å². The Bertz CT molecular complexity index is 491. The fourth-order valence-electron chi connectivity index (χ4n) is 2.63. The molecule has 2 rings (SSSR count). The molecule has 0 aliphatic carbocycles. The van der Waals surface area contributed by atoms with Gasteiger partial charge < -0.3 is 16.0 Å². The Morgan fingerprint density at radius 2 is 2.05 bits per heavy atom. The van der Waals surface area contributed by atoms with Crippen LogP contribution in [0.3, 0.4) is 0 Å². The van der Waals surface area contributed by atoms with E-state index < -0.39 is 0 Å². The predicted molar refractivity (Wildman–Crippen MR) is 88.1 cm³/mol. The first-order valence-electron chi connectivity index (χ1n) is 7.29. The van der Waals surface area contributed by atoms with E-state index in [1.807, 2.05) is 0 Å². The number of amides is 1. The largest absolute Gasteiger partial charge is 0.397 e. The second-order valence-electron chi connectivity index (χ2n) is 5.45. The Hall–Kier alpha value is -0.970. The predicted octanol–water partition coefficient (Wildman–Crippen LogP) is 3.18. The smallest absolute Gasteiger partial charge is 0.251 e. The minimum atomic E-state index is -0.144. The summed E-state index contributed by atoms with van der Waals surface area (Å²) in [7, 11) is 0. The SMILES string of the molecule is CCCN1CCC(NC(=O)c2cc(N)c(Cl)c(Cl)c2)CC1. The molecule has 0 atom stereocenters. The zero-order valence-electron chi connectivity index (χ0n) is 12.2. The molecular weight excluding hydrogens is 309 g/mol. The number of nitrogens with zero attached hydrogens (tertiary/aromatic N) is 1. The second-order valence-corrected chi connectivity index (χ2v) is 6.24. The molecule has 1 heterocycles. The first-order chi connectivity index (χ1) is 10.0. The van der Waals surface area contributed by atoms with Gasteiger partial charge in [0.2, 0.25) is 0 Å². The summed E-state index contributed by atoms with van der Waals surface area (Å²) < 4.78 is 0. The van der Waals surface area contributed by atoms with Crippen LogP contribution in [0.25, 0.3) is 0 Å². The van der Waals surface area contributed by atoms with Crippen molar-refractivity contribution >= 4 is 34.8 Å². The number of hydrogen-bond acceptors (Lipinski definition) is 3. The summed E-state index contributed by atoms with van der Waals surface area (Å²) in [5, 5.41) is 3.65. The van der Waals surface area contributed by atoms with Gasteiger partial charge in [-0.3, -0.25) is 4.79 Å². The summed E-state index contributed by atoms with van der Waals surface area (Å²) in [6.07, 6.45) is 3.12. The number of nitrogens with one attached hydrogen (secondary N) is 1. The van der Waals surface area contributed by atoms with Crippen molar-refractivity contribution in [3.05, 3.63) is 27.7 Å². The highest BCUT2D eigenvalue weighted by Crippen LogP contribution is 2.29. The second kappa shape index (κ2) is 7.34. The quantitative estimate of drug-likeness (QED) is 0.834. The van der Waals surface area contributed by atoms with Crippen molar-refractivity contribution in [3.63, 3.8) is 0 Å². The van der Waals surface area contributed by atoms with Crippen LogP contribution in [0.5, 0.6) is 0 Å². The highest BCUT2D eigenvalue weighted by atomic mass is 35.5. The molecule has 1 aromatic rings. The van der Waals surface area contributed by atoms with Gasteiger partial charge in [0.15, 0.2) is 0 Å². The molecule has 21 heavy (non-hydrogen) atoms. The molecule has 0 spiro atoms. The topological polar surface area (TPSA) is 58.4 Å². The summed E-state index contributed by atoms with van der Waals surface area (Å²) in [6, 6.07) is 3.33. The number of anilines is 1. The summed E-state index contributed by atoms with van der Waals surface area (Å²) >= 11 is 11.9. The standard InChI is InChI=1S/C15H21Cl2N3O/c1-2-5-20-6-3-11(4-7-20)19-15(21)10-8-12(16)14(17)13(18)9-10/h8-9,11H,2-7,18H2,1H3,(H,19,21). The van der Waals surface area contributed by atoms with E-state index in [0.717, 1.165) is 32.5 Å². The minimum absolute atomic E-state index is 0.144. The molecule has 1 aromatic carbocycles. The highest BCUT2D eigenvalue weighted by molar-refractivity contribution is 6.43. The summed E-state index contributed by atoms with van der Waals surface area (Å²) in [5.74, 6) is -0.144. The fourth-order valence-corrected chi connectivity index (χ4v) is 2.96. The summed E-state index contributed by atoms with van der Waals surface area (Å²) in [6.45, 7) is 5.37. The maximum atomic E-state index is 12.3. The van der Waals surface area contributed by atoms with Crippen molar-refractivity contribution in [1.29, 1.82) is 0 Å². The van der Waals surface area contributed by atoms with E-state index in [-0.39, 0.29) is 11.9 Å². The van der Waals surface area contributed by atoms with Gasteiger partial charge in [-0.25, -0.2) is 0 Å². The number of rotatable bonds is 4. The number of nitrogen functional groups attached to an aromatic ring is 1. The van der Waals surface area contributed by atoms with E-state index in [9.17, 15) is 4.79 Å². The zero-order chi connectivity index (χ0) is 15.4. The van der Waals surface area contributed by atoms with E-state index in [4.69, 9.17) is 28.9 Å². The lowest BCUT2D eigenvalue weighted by Gasteiger charge is -2.32. The van der Waals surface area contributed by atoms with Crippen molar-refractivity contribution < 1.29 is 4.79 Å². The van der Waals surface area contributed by atoms with Gasteiger partial charge >= 0.3 is 0 Å². The molecule has 3 N–H and O–H groups in total. The number of hydrogen-bond donors (Lipinski definition) is 2. The lowest BCUT2D eigenvalue weighted by Crippen LogP contribution is -2.44. The van der Waals surface area contributed by atoms with Crippen LogP contribution in [0.1, 0.15) is 36.5 Å². The van der Waals surface area contributed by atoms with Gasteiger partial charge in [0, 0.05) is 24.7 Å². The molecule has 0 bridgehead atoms. The number of piperidine rings is 1. The van der Waals surface area contributed by atoms with Crippen LogP contribution < -0.4 is 11.1 Å². The molecule has 0 unspecified atom stereocenters. The third-order valence-corrected chi connectivity index (χ3v) is 4.60. The molecule has 0 saturated carbocycles. The Balaban J connectivity index is 1.93. The molecule has 1 aliphatic heterocycles. The fraction of sp³-hybridized carbons (Fsp3) is 0.533. The molecule has 116 valence electrons. The zero-order valence-corrected chi connectivity index (χ0v) is 13.7. The first-order valence-corrected chi connectivity index (χ1v) is 8.04. The lowest BCUT2D eigenvalue weighted by molar-refractivity contribution is 0.0911. The van der Waals surface area contributed by atoms with Crippen LogP contribution in [0.4, 0.5) is 5.69 Å². The Labute approximate surface area is 135 Å². The normalized spacial score (nSPS) is 16.9. The molecule has 6 heteroatoms. The first kappa shape index (κ1) is 16.4. The molecule has 0 radical (unpaired) electrons. The lowest BCUT2D eigenvalue weighted by atomic mass is 10.0. The Kier molecular flexibility index (Phi) is 5.73. The van der Waals surface area contributed by atoms with Crippen LogP contribution in [-0.2, 0) is 0 Å². The Morgan fingerprint density at radius 1 is 1.38 bits per heavy atom. The van der Waals surface area contributed by atoms with Gasteiger partial charge in [0.25, 0.3) is 5.91 Å². The third-order valence-electron chi connectivity index (χ3n) is 3.78. The van der Waals surface area contributed by atoms with E-state index in [1.165, 1.54) is 6.42 Å². The van der Waals surface area contributed by atoms with Crippen molar-refractivity contribution in [2.45, 2.75) is 32.2 Å².